The molecule has 0 heterocycles. The molecule has 0 bridgehead atoms. The summed E-state index contributed by atoms with van der Waals surface area (Å²) in [4.78, 5) is 0. The van der Waals surface area contributed by atoms with Crippen LogP contribution in [0.2, 0.25) is 26.2 Å². The van der Waals surface area contributed by atoms with Crippen LogP contribution in [-0.2, 0) is 17.7 Å². The average Bonchev–Trinajstić information content (AvgIpc) is 2.45. The second-order valence-electron chi connectivity index (χ2n) is 7.52. The van der Waals surface area contributed by atoms with E-state index in [4.69, 9.17) is 17.7 Å². The summed E-state index contributed by atoms with van der Waals surface area (Å²) in [7, 11) is -2.17. The molecule has 146 valence electrons. The van der Waals surface area contributed by atoms with Gasteiger partial charge in [0.1, 0.15) is 12.6 Å². The zero-order valence-electron chi connectivity index (χ0n) is 17.1. The van der Waals surface area contributed by atoms with Crippen LogP contribution in [0, 0.1) is 10.8 Å². The molecule has 0 fully saturated rings. The highest BCUT2D eigenvalue weighted by atomic mass is 28.2. The van der Waals surface area contributed by atoms with Crippen molar-refractivity contribution < 1.29 is 22.8 Å². The van der Waals surface area contributed by atoms with Crippen LogP contribution in [0.4, 0.5) is 0 Å². The molecule has 0 aromatic heterocycles. The molecule has 0 aromatic carbocycles. The second-order valence-corrected chi connectivity index (χ2v) is 11.2. The van der Waals surface area contributed by atoms with Gasteiger partial charge in [-0.1, -0.05) is 53.9 Å². The zero-order chi connectivity index (χ0) is 18.8. The predicted octanol–water partition coefficient (Wildman–Crippen LogP) is 0.426. The highest BCUT2D eigenvalue weighted by molar-refractivity contribution is 6.26. The normalized spacial score (nSPS) is 18.9. The molecule has 0 rings (SSSR count). The minimum atomic E-state index is -0.543. The summed E-state index contributed by atoms with van der Waals surface area (Å²) in [5.74, 6) is 0. The van der Waals surface area contributed by atoms with Crippen molar-refractivity contribution in [2.75, 3.05) is 0 Å². The highest BCUT2D eigenvalue weighted by Crippen LogP contribution is 2.36. The van der Waals surface area contributed by atoms with Gasteiger partial charge in [-0.05, 0) is 12.8 Å². The minimum absolute atomic E-state index is 0.182. The molecule has 0 aliphatic heterocycles. The van der Waals surface area contributed by atoms with Crippen LogP contribution in [0.5, 0.6) is 0 Å². The van der Waals surface area contributed by atoms with E-state index in [2.05, 4.69) is 53.9 Å². The molecule has 5 nitrogen and oxygen atoms in total. The van der Waals surface area contributed by atoms with Crippen molar-refractivity contribution >= 4 is 39.1 Å². The van der Waals surface area contributed by atoms with Crippen LogP contribution in [-0.4, -0.2) is 62.8 Å². The van der Waals surface area contributed by atoms with Crippen LogP contribution in [0.1, 0.15) is 40.5 Å². The van der Waals surface area contributed by atoms with Crippen LogP contribution in [0.15, 0.2) is 0 Å². The van der Waals surface area contributed by atoms with E-state index in [1.54, 1.807) is 0 Å². The van der Waals surface area contributed by atoms with E-state index in [1.807, 2.05) is 0 Å². The lowest BCUT2D eigenvalue weighted by atomic mass is 9.79. The molecule has 0 saturated heterocycles. The van der Waals surface area contributed by atoms with Gasteiger partial charge in [0.05, 0.1) is 6.10 Å². The van der Waals surface area contributed by atoms with Crippen molar-refractivity contribution in [2.24, 2.45) is 10.8 Å². The topological polar surface area (TPSA) is 57.2 Å². The zero-order valence-corrected chi connectivity index (χ0v) is 22.7. The van der Waals surface area contributed by atoms with E-state index in [1.165, 1.54) is 0 Å². The maximum atomic E-state index is 10.7. The van der Waals surface area contributed by atoms with Crippen LogP contribution >= 0.6 is 0 Å². The Bertz CT molecular complexity index is 289. The molecular formula is C15H40O5Si4. The molecule has 0 aromatic rings. The molecule has 0 aliphatic carbocycles. The molecule has 9 heteroatoms. The molecule has 0 spiro atoms. The maximum absolute atomic E-state index is 10.7. The smallest absolute Gasteiger partial charge is 0.161 e. The highest BCUT2D eigenvalue weighted by Gasteiger charge is 2.37. The lowest BCUT2D eigenvalue weighted by Crippen LogP contribution is -2.42. The van der Waals surface area contributed by atoms with Gasteiger partial charge in [-0.3, -0.25) is 0 Å². The van der Waals surface area contributed by atoms with Gasteiger partial charge in [0.25, 0.3) is 0 Å². The van der Waals surface area contributed by atoms with Crippen molar-refractivity contribution in [2.45, 2.75) is 85.4 Å². The first-order valence-corrected chi connectivity index (χ1v) is 17.3. The van der Waals surface area contributed by atoms with Crippen molar-refractivity contribution in [1.82, 2.24) is 0 Å². The van der Waals surface area contributed by atoms with Crippen molar-refractivity contribution in [3.8, 4) is 0 Å². The molecule has 0 amide bonds. The first kappa shape index (κ1) is 24.7. The van der Waals surface area contributed by atoms with Crippen molar-refractivity contribution in [3.05, 3.63) is 0 Å². The Labute approximate surface area is 158 Å². The largest absolute Gasteiger partial charge is 0.400 e. The molecule has 0 saturated carbocycles. The van der Waals surface area contributed by atoms with Gasteiger partial charge in [0.2, 0.25) is 0 Å². The maximum Gasteiger partial charge on any atom is 0.161 e. The molecule has 1 N–H and O–H groups in total. The number of aliphatic hydroxyl groups is 1. The van der Waals surface area contributed by atoms with E-state index < -0.39 is 45.2 Å². The summed E-state index contributed by atoms with van der Waals surface area (Å²) < 4.78 is 23.6. The fraction of sp³-hybridized carbons (Fsp3) is 1.00. The standard InChI is InChI=1S/C15H40O5Si4/c1-14(2,12(17-21-5)18-22-6)9-11(16)10-15(3,4)13(19-23-7)20-24-8/h11-13,16H,9-10,21-24H2,1-8H3. The van der Waals surface area contributed by atoms with E-state index in [-0.39, 0.29) is 23.4 Å². The van der Waals surface area contributed by atoms with Crippen molar-refractivity contribution in [3.63, 3.8) is 0 Å². The lowest BCUT2D eigenvalue weighted by molar-refractivity contribution is -0.117. The number of aliphatic hydroxyl groups excluding tert-OH is 1. The Hall–Kier alpha value is 0.668. The minimum Gasteiger partial charge on any atom is -0.400 e. The summed E-state index contributed by atoms with van der Waals surface area (Å²) >= 11 is 0. The predicted molar refractivity (Wildman–Crippen MR) is 112 cm³/mol. The molecule has 24 heavy (non-hydrogen) atoms. The van der Waals surface area contributed by atoms with Crippen LogP contribution < -0.4 is 0 Å². The van der Waals surface area contributed by atoms with E-state index in [0.717, 1.165) is 0 Å². The third-order valence-electron chi connectivity index (χ3n) is 4.07. The lowest BCUT2D eigenvalue weighted by Gasteiger charge is -2.39. The van der Waals surface area contributed by atoms with E-state index >= 15 is 0 Å². The van der Waals surface area contributed by atoms with Crippen LogP contribution in [0.25, 0.3) is 0 Å². The van der Waals surface area contributed by atoms with Gasteiger partial charge >= 0.3 is 0 Å². The Balaban J connectivity index is 4.85. The number of hydrogen-bond acceptors (Lipinski definition) is 5. The summed E-state index contributed by atoms with van der Waals surface area (Å²) in [6.07, 6.45) is 0.525. The summed E-state index contributed by atoms with van der Waals surface area (Å²) in [6.45, 7) is 17.0. The fourth-order valence-corrected chi connectivity index (χ4v) is 6.87. The quantitative estimate of drug-likeness (QED) is 0.331. The van der Waals surface area contributed by atoms with Gasteiger partial charge in [-0.25, -0.2) is 0 Å². The molecule has 0 atom stereocenters. The number of rotatable bonds is 14. The fourth-order valence-electron chi connectivity index (χ4n) is 3.08. The molecule has 0 radical (unpaired) electrons. The monoisotopic (exact) mass is 412 g/mol. The van der Waals surface area contributed by atoms with Gasteiger partial charge in [-0.2, -0.15) is 0 Å². The SMILES string of the molecule is C[SiH2]OC(O[SiH2]C)C(C)(C)CC(O)CC(C)(C)C(O[SiH2]C)O[SiH2]C. The van der Waals surface area contributed by atoms with E-state index in [0.29, 0.717) is 12.8 Å². The molecular weight excluding hydrogens is 373 g/mol. The summed E-state index contributed by atoms with van der Waals surface area (Å²) in [5.41, 5.74) is -0.393. The Morgan fingerprint density at radius 3 is 1.12 bits per heavy atom. The second kappa shape index (κ2) is 12.1. The third kappa shape index (κ3) is 8.85. The first-order valence-electron chi connectivity index (χ1n) is 9.29. The third-order valence-corrected chi connectivity index (χ3v) is 6.62. The van der Waals surface area contributed by atoms with Gasteiger partial charge in [0.15, 0.2) is 39.1 Å². The van der Waals surface area contributed by atoms with E-state index in [9.17, 15) is 5.11 Å². The Kier molecular flexibility index (Phi) is 12.5. The Morgan fingerprint density at radius 1 is 0.667 bits per heavy atom. The first-order chi connectivity index (χ1) is 11.1. The summed E-state index contributed by atoms with van der Waals surface area (Å²) in [5, 5.41) is 10.7. The van der Waals surface area contributed by atoms with Gasteiger partial charge < -0.3 is 22.8 Å². The summed E-state index contributed by atoms with van der Waals surface area (Å²) in [6, 6.07) is 0. The number of hydrogen-bond donors (Lipinski definition) is 1. The average molecular weight is 413 g/mol. The Morgan fingerprint density at radius 2 is 0.917 bits per heavy atom. The van der Waals surface area contributed by atoms with Crippen LogP contribution in [0.3, 0.4) is 0 Å². The molecule has 0 aliphatic rings. The van der Waals surface area contributed by atoms with Gasteiger partial charge in [-0.15, -0.1) is 0 Å². The van der Waals surface area contributed by atoms with Gasteiger partial charge in [0, 0.05) is 10.8 Å². The van der Waals surface area contributed by atoms with Crippen molar-refractivity contribution in [1.29, 1.82) is 0 Å². The molecule has 0 unspecified atom stereocenters.